The van der Waals surface area contributed by atoms with Crippen molar-refractivity contribution < 1.29 is 28.7 Å². The zero-order valence-electron chi connectivity index (χ0n) is 15.6. The van der Waals surface area contributed by atoms with Gasteiger partial charge in [0.1, 0.15) is 0 Å². The molecule has 0 aliphatic rings. The second-order valence-electron chi connectivity index (χ2n) is 6.04. The van der Waals surface area contributed by atoms with E-state index in [4.69, 9.17) is 10.5 Å². The monoisotopic (exact) mass is 376 g/mol. The maximum absolute atomic E-state index is 11.8. The van der Waals surface area contributed by atoms with Crippen LogP contribution in [0.5, 0.6) is 0 Å². The van der Waals surface area contributed by atoms with Gasteiger partial charge in [-0.05, 0) is 36.5 Å². The predicted octanol–water partition coefficient (Wildman–Crippen LogP) is 0.743. The van der Waals surface area contributed by atoms with Gasteiger partial charge in [-0.25, -0.2) is 9.59 Å². The summed E-state index contributed by atoms with van der Waals surface area (Å²) >= 11 is 0. The number of amides is 2. The molecule has 0 saturated heterocycles. The Morgan fingerprint density at radius 1 is 1.11 bits per heavy atom. The molecule has 0 aromatic heterocycles. The Balaban J connectivity index is 2.72. The van der Waals surface area contributed by atoms with E-state index in [0.29, 0.717) is 18.4 Å². The van der Waals surface area contributed by atoms with Crippen LogP contribution >= 0.6 is 0 Å². The predicted molar refractivity (Wildman–Crippen MR) is 97.6 cm³/mol. The number of methoxy groups -OCH3 is 2. The van der Waals surface area contributed by atoms with E-state index in [-0.39, 0.29) is 23.9 Å². The minimum atomic E-state index is -0.617. The van der Waals surface area contributed by atoms with Crippen molar-refractivity contribution in [2.24, 2.45) is 11.7 Å². The molecule has 1 aromatic carbocycles. The molecule has 0 aliphatic heterocycles. The summed E-state index contributed by atoms with van der Waals surface area (Å²) in [5.74, 6) is -2.16. The fourth-order valence-electron chi connectivity index (χ4n) is 2.45. The molecule has 3 N–H and O–H groups in total. The Hall–Kier alpha value is -3.16. The molecule has 1 aromatic rings. The number of nitrogens with two attached hydrogens (primary N) is 1. The van der Waals surface area contributed by atoms with Gasteiger partial charge in [-0.1, -0.05) is 19.1 Å². The van der Waals surface area contributed by atoms with Crippen molar-refractivity contribution in [1.29, 1.82) is 0 Å². The van der Waals surface area contributed by atoms with E-state index in [1.807, 2.05) is 6.92 Å². The minimum absolute atomic E-state index is 0.0366. The van der Waals surface area contributed by atoms with Crippen molar-refractivity contribution >= 4 is 23.8 Å². The third-order valence-corrected chi connectivity index (χ3v) is 3.73. The number of rotatable bonds is 9. The van der Waals surface area contributed by atoms with Crippen LogP contribution in [0.3, 0.4) is 0 Å². The molecule has 0 spiro atoms. The summed E-state index contributed by atoms with van der Waals surface area (Å²) in [5, 5.41) is 2.41. The van der Waals surface area contributed by atoms with Crippen molar-refractivity contribution in [1.82, 2.24) is 5.32 Å². The maximum atomic E-state index is 11.8. The van der Waals surface area contributed by atoms with E-state index in [2.05, 4.69) is 10.1 Å². The Morgan fingerprint density at radius 2 is 1.74 bits per heavy atom. The first-order valence-corrected chi connectivity index (χ1v) is 8.29. The van der Waals surface area contributed by atoms with Crippen LogP contribution in [0.2, 0.25) is 0 Å². The molecule has 0 aliphatic carbocycles. The van der Waals surface area contributed by atoms with E-state index in [1.54, 1.807) is 24.3 Å². The van der Waals surface area contributed by atoms with Crippen LogP contribution in [0, 0.1) is 5.92 Å². The molecule has 8 heteroatoms. The van der Waals surface area contributed by atoms with Gasteiger partial charge in [0.25, 0.3) is 5.91 Å². The molecular formula is C19H24N2O6. The van der Waals surface area contributed by atoms with Crippen LogP contribution in [0.1, 0.15) is 29.3 Å². The zero-order chi connectivity index (χ0) is 20.4. The number of nitrogens with one attached hydrogen (secondary N) is 1. The van der Waals surface area contributed by atoms with Crippen molar-refractivity contribution in [2.45, 2.75) is 19.8 Å². The highest BCUT2D eigenvalue weighted by Crippen LogP contribution is 2.18. The van der Waals surface area contributed by atoms with Gasteiger partial charge in [-0.3, -0.25) is 9.59 Å². The number of hydrogen-bond acceptors (Lipinski definition) is 6. The van der Waals surface area contributed by atoms with Gasteiger partial charge in [0.15, 0.2) is 0 Å². The fourth-order valence-corrected chi connectivity index (χ4v) is 2.45. The van der Waals surface area contributed by atoms with E-state index in [9.17, 15) is 19.2 Å². The molecular weight excluding hydrogens is 352 g/mol. The highest BCUT2D eigenvalue weighted by molar-refractivity contribution is 5.96. The van der Waals surface area contributed by atoms with E-state index >= 15 is 0 Å². The summed E-state index contributed by atoms with van der Waals surface area (Å²) in [7, 11) is 2.48. The number of benzene rings is 1. The van der Waals surface area contributed by atoms with Gasteiger partial charge in [0, 0.05) is 17.2 Å². The Bertz CT molecular complexity index is 724. The molecule has 1 atom stereocenters. The van der Waals surface area contributed by atoms with Gasteiger partial charge in [-0.2, -0.15) is 0 Å². The highest BCUT2D eigenvalue weighted by atomic mass is 16.5. The minimum Gasteiger partial charge on any atom is -0.466 e. The van der Waals surface area contributed by atoms with Crippen molar-refractivity contribution in [3.63, 3.8) is 0 Å². The quantitative estimate of drug-likeness (QED) is 0.484. The molecule has 0 bridgehead atoms. The summed E-state index contributed by atoms with van der Waals surface area (Å²) in [4.78, 5) is 45.8. The molecule has 0 fully saturated rings. The van der Waals surface area contributed by atoms with Crippen LogP contribution in [0.15, 0.2) is 35.9 Å². The van der Waals surface area contributed by atoms with E-state index in [1.165, 1.54) is 14.2 Å². The van der Waals surface area contributed by atoms with E-state index < -0.39 is 17.8 Å². The molecule has 8 nitrogen and oxygen atoms in total. The first-order valence-electron chi connectivity index (χ1n) is 8.29. The second-order valence-corrected chi connectivity index (χ2v) is 6.04. The molecule has 146 valence electrons. The standard InChI is InChI=1S/C19H24N2O6/c1-12(9-15(19(25)27-3)10-17(23)26-2)8-13-4-6-14(7-5-13)18(24)21-11-16(20)22/h4-7,10,12H,8-9,11H2,1-3H3,(H2,20,22)(H,21,24)/b15-10-. The number of carbonyl (C=O) groups is 4. The van der Waals surface area contributed by atoms with Crippen LogP contribution in [0.25, 0.3) is 0 Å². The van der Waals surface area contributed by atoms with Crippen molar-refractivity contribution in [3.8, 4) is 0 Å². The van der Waals surface area contributed by atoms with Gasteiger partial charge < -0.3 is 20.5 Å². The van der Waals surface area contributed by atoms with Gasteiger partial charge in [0.2, 0.25) is 5.91 Å². The lowest BCUT2D eigenvalue weighted by Crippen LogP contribution is -2.33. The Kier molecular flexibility index (Phi) is 8.71. The molecule has 1 rings (SSSR count). The summed E-state index contributed by atoms with van der Waals surface area (Å²) in [6.45, 7) is 1.71. The number of hydrogen-bond donors (Lipinski definition) is 2. The normalized spacial score (nSPS) is 12.0. The molecule has 27 heavy (non-hydrogen) atoms. The fraction of sp³-hybridized carbons (Fsp3) is 0.368. The van der Waals surface area contributed by atoms with Crippen molar-refractivity contribution in [3.05, 3.63) is 47.0 Å². The molecule has 1 unspecified atom stereocenters. The van der Waals surface area contributed by atoms with Gasteiger partial charge in [-0.15, -0.1) is 0 Å². The lowest BCUT2D eigenvalue weighted by molar-refractivity contribution is -0.138. The largest absolute Gasteiger partial charge is 0.466 e. The summed E-state index contributed by atoms with van der Waals surface area (Å²) < 4.78 is 9.25. The van der Waals surface area contributed by atoms with Gasteiger partial charge >= 0.3 is 11.9 Å². The maximum Gasteiger partial charge on any atom is 0.333 e. The van der Waals surface area contributed by atoms with E-state index in [0.717, 1.165) is 11.6 Å². The number of primary amides is 1. The van der Waals surface area contributed by atoms with Crippen LogP contribution in [-0.2, 0) is 30.3 Å². The molecule has 2 amide bonds. The van der Waals surface area contributed by atoms with Crippen LogP contribution < -0.4 is 11.1 Å². The Labute approximate surface area is 157 Å². The van der Waals surface area contributed by atoms with Crippen LogP contribution in [0.4, 0.5) is 0 Å². The first kappa shape index (κ1) is 21.9. The second kappa shape index (κ2) is 10.7. The Morgan fingerprint density at radius 3 is 2.26 bits per heavy atom. The molecule has 0 radical (unpaired) electrons. The average molecular weight is 376 g/mol. The third-order valence-electron chi connectivity index (χ3n) is 3.73. The number of esters is 2. The lowest BCUT2D eigenvalue weighted by Gasteiger charge is -2.13. The molecule has 0 heterocycles. The van der Waals surface area contributed by atoms with Gasteiger partial charge in [0.05, 0.1) is 20.8 Å². The summed E-state index contributed by atoms with van der Waals surface area (Å²) in [6, 6.07) is 6.86. The first-order chi connectivity index (χ1) is 12.8. The summed E-state index contributed by atoms with van der Waals surface area (Å²) in [6.07, 6.45) is 2.09. The average Bonchev–Trinajstić information content (AvgIpc) is 2.65. The highest BCUT2D eigenvalue weighted by Gasteiger charge is 2.16. The molecule has 0 saturated carbocycles. The summed E-state index contributed by atoms with van der Waals surface area (Å²) in [5.41, 5.74) is 6.59. The number of ether oxygens (including phenoxy) is 2. The van der Waals surface area contributed by atoms with Crippen molar-refractivity contribution in [2.75, 3.05) is 20.8 Å². The SMILES string of the molecule is COC(=O)/C=C(/CC(C)Cc1ccc(C(=O)NCC(N)=O)cc1)C(=O)OC. The van der Waals surface area contributed by atoms with Crippen LogP contribution in [-0.4, -0.2) is 44.5 Å². The zero-order valence-corrected chi connectivity index (χ0v) is 15.6. The smallest absolute Gasteiger partial charge is 0.333 e. The third kappa shape index (κ3) is 7.72. The lowest BCUT2D eigenvalue weighted by atomic mass is 9.93. The topological polar surface area (TPSA) is 125 Å². The number of carbonyl (C=O) groups excluding carboxylic acids is 4.